The molecule has 0 saturated carbocycles. The highest BCUT2D eigenvalue weighted by Gasteiger charge is 2.25. The van der Waals surface area contributed by atoms with Crippen LogP contribution in [0.2, 0.25) is 0 Å². The van der Waals surface area contributed by atoms with E-state index in [0.29, 0.717) is 5.92 Å². The minimum atomic E-state index is 0.212. The largest absolute Gasteiger partial charge is 0.363 e. The summed E-state index contributed by atoms with van der Waals surface area (Å²) in [5.41, 5.74) is 2.73. The van der Waals surface area contributed by atoms with E-state index in [1.54, 1.807) is 0 Å². The summed E-state index contributed by atoms with van der Waals surface area (Å²) in [4.78, 5) is 2.34. The molecule has 0 aromatic heterocycles. The minimum Gasteiger partial charge on any atom is -0.363 e. The molecule has 1 heterocycles. The molecule has 21 heavy (non-hydrogen) atoms. The summed E-state index contributed by atoms with van der Waals surface area (Å²) in [6.07, 6.45) is 2.35. The van der Waals surface area contributed by atoms with E-state index in [1.807, 2.05) is 0 Å². The molecule has 0 radical (unpaired) electrons. The van der Waals surface area contributed by atoms with Gasteiger partial charge in [-0.2, -0.15) is 0 Å². The van der Waals surface area contributed by atoms with Crippen LogP contribution in [0.1, 0.15) is 29.9 Å². The molecule has 3 rings (SSSR count). The molecule has 1 saturated heterocycles. The van der Waals surface area contributed by atoms with Crippen LogP contribution in [-0.4, -0.2) is 31.3 Å². The Bertz CT molecular complexity index is 501. The van der Waals surface area contributed by atoms with Gasteiger partial charge in [-0.3, -0.25) is 4.90 Å². The summed E-state index contributed by atoms with van der Waals surface area (Å²) in [5, 5.41) is 0. The van der Waals surface area contributed by atoms with Crippen molar-refractivity contribution in [2.75, 3.05) is 20.2 Å². The van der Waals surface area contributed by atoms with Crippen molar-refractivity contribution in [2.45, 2.75) is 25.0 Å². The molecule has 0 amide bonds. The summed E-state index contributed by atoms with van der Waals surface area (Å²) in [6, 6.07) is 21.5. The number of ether oxygens (including phenoxy) is 1. The zero-order valence-electron chi connectivity index (χ0n) is 12.6. The van der Waals surface area contributed by atoms with E-state index >= 15 is 0 Å². The first-order valence-electron chi connectivity index (χ1n) is 7.76. The zero-order chi connectivity index (χ0) is 14.5. The van der Waals surface area contributed by atoms with Gasteiger partial charge in [-0.05, 0) is 31.0 Å². The highest BCUT2D eigenvalue weighted by Crippen LogP contribution is 2.31. The van der Waals surface area contributed by atoms with Gasteiger partial charge >= 0.3 is 0 Å². The predicted octanol–water partition coefficient (Wildman–Crippen LogP) is 3.89. The molecule has 110 valence electrons. The van der Waals surface area contributed by atoms with Crippen LogP contribution < -0.4 is 0 Å². The highest BCUT2D eigenvalue weighted by atomic mass is 16.5. The van der Waals surface area contributed by atoms with Crippen molar-refractivity contribution >= 4 is 0 Å². The fourth-order valence-electron chi connectivity index (χ4n) is 3.09. The molecule has 2 heteroatoms. The number of rotatable bonds is 4. The lowest BCUT2D eigenvalue weighted by atomic mass is 9.87. The van der Waals surface area contributed by atoms with Crippen molar-refractivity contribution in [3.05, 3.63) is 71.8 Å². The van der Waals surface area contributed by atoms with Gasteiger partial charge in [-0.15, -0.1) is 0 Å². The molecule has 1 unspecified atom stereocenters. The van der Waals surface area contributed by atoms with Gasteiger partial charge in [0.25, 0.3) is 0 Å². The van der Waals surface area contributed by atoms with Gasteiger partial charge in [0.2, 0.25) is 0 Å². The van der Waals surface area contributed by atoms with Gasteiger partial charge in [0, 0.05) is 19.1 Å². The van der Waals surface area contributed by atoms with Crippen molar-refractivity contribution in [1.82, 2.24) is 4.90 Å². The SMILES string of the molecule is CN1CCCOC1CC(c1ccccc1)c1ccccc1. The van der Waals surface area contributed by atoms with E-state index in [1.165, 1.54) is 11.1 Å². The van der Waals surface area contributed by atoms with Crippen LogP contribution in [0.25, 0.3) is 0 Å². The molecule has 1 atom stereocenters. The Morgan fingerprint density at radius 3 is 2.10 bits per heavy atom. The van der Waals surface area contributed by atoms with Crippen molar-refractivity contribution in [3.8, 4) is 0 Å². The molecule has 1 fully saturated rings. The molecular weight excluding hydrogens is 258 g/mol. The molecule has 2 aromatic carbocycles. The lowest BCUT2D eigenvalue weighted by molar-refractivity contribution is -0.0882. The first-order chi connectivity index (χ1) is 10.3. The Kier molecular flexibility index (Phi) is 4.69. The molecule has 2 nitrogen and oxygen atoms in total. The van der Waals surface area contributed by atoms with E-state index in [9.17, 15) is 0 Å². The second-order valence-electron chi connectivity index (χ2n) is 5.77. The van der Waals surface area contributed by atoms with E-state index in [0.717, 1.165) is 26.0 Å². The second-order valence-corrected chi connectivity index (χ2v) is 5.77. The van der Waals surface area contributed by atoms with Crippen molar-refractivity contribution in [1.29, 1.82) is 0 Å². The van der Waals surface area contributed by atoms with Crippen molar-refractivity contribution in [3.63, 3.8) is 0 Å². The molecule has 1 aliphatic heterocycles. The first kappa shape index (κ1) is 14.3. The fraction of sp³-hybridized carbons (Fsp3) is 0.368. The Morgan fingerprint density at radius 1 is 1.00 bits per heavy atom. The number of hydrogen-bond donors (Lipinski definition) is 0. The Morgan fingerprint density at radius 2 is 1.57 bits per heavy atom. The van der Waals surface area contributed by atoms with Gasteiger partial charge in [0.15, 0.2) is 0 Å². The van der Waals surface area contributed by atoms with Gasteiger partial charge in [-0.1, -0.05) is 60.7 Å². The van der Waals surface area contributed by atoms with Crippen LogP contribution in [0, 0.1) is 0 Å². The lowest BCUT2D eigenvalue weighted by Gasteiger charge is -2.35. The molecule has 2 aromatic rings. The maximum absolute atomic E-state index is 5.99. The normalized spacial score (nSPS) is 19.8. The van der Waals surface area contributed by atoms with Crippen LogP contribution in [-0.2, 0) is 4.74 Å². The average Bonchev–Trinajstić information content (AvgIpc) is 2.56. The topological polar surface area (TPSA) is 12.5 Å². The summed E-state index contributed by atoms with van der Waals surface area (Å²) < 4.78 is 5.99. The second kappa shape index (κ2) is 6.88. The van der Waals surface area contributed by atoms with Gasteiger partial charge in [0.05, 0.1) is 0 Å². The molecular formula is C19H23NO. The summed E-state index contributed by atoms with van der Waals surface area (Å²) in [6.45, 7) is 2.01. The van der Waals surface area contributed by atoms with Crippen molar-refractivity contribution in [2.24, 2.45) is 0 Å². The molecule has 1 aliphatic rings. The third kappa shape index (κ3) is 3.52. The maximum atomic E-state index is 5.99. The maximum Gasteiger partial charge on any atom is 0.111 e. The van der Waals surface area contributed by atoms with Crippen molar-refractivity contribution < 1.29 is 4.74 Å². The van der Waals surface area contributed by atoms with E-state index < -0.39 is 0 Å². The third-order valence-electron chi connectivity index (χ3n) is 4.30. The molecule has 0 spiro atoms. The van der Waals surface area contributed by atoms with Gasteiger partial charge in [0.1, 0.15) is 6.23 Å². The Balaban J connectivity index is 1.86. The first-order valence-corrected chi connectivity index (χ1v) is 7.76. The predicted molar refractivity (Wildman–Crippen MR) is 86.3 cm³/mol. The standard InChI is InChI=1S/C19H23NO/c1-20-13-8-14-21-19(20)15-18(16-9-4-2-5-10-16)17-11-6-3-7-12-17/h2-7,9-12,18-19H,8,13-15H2,1H3. The van der Waals surface area contributed by atoms with Crippen LogP contribution in [0.3, 0.4) is 0 Å². The number of nitrogens with zero attached hydrogens (tertiary/aromatic N) is 1. The fourth-order valence-corrected chi connectivity index (χ4v) is 3.09. The third-order valence-corrected chi connectivity index (χ3v) is 4.30. The smallest absolute Gasteiger partial charge is 0.111 e. The highest BCUT2D eigenvalue weighted by molar-refractivity contribution is 5.32. The summed E-state index contributed by atoms with van der Waals surface area (Å²) in [7, 11) is 2.16. The van der Waals surface area contributed by atoms with Gasteiger partial charge in [-0.25, -0.2) is 0 Å². The monoisotopic (exact) mass is 281 g/mol. The molecule has 0 bridgehead atoms. The van der Waals surface area contributed by atoms with Crippen LogP contribution in [0.5, 0.6) is 0 Å². The van der Waals surface area contributed by atoms with E-state index in [4.69, 9.17) is 4.74 Å². The zero-order valence-corrected chi connectivity index (χ0v) is 12.6. The number of benzene rings is 2. The van der Waals surface area contributed by atoms with Crippen LogP contribution in [0.4, 0.5) is 0 Å². The number of hydrogen-bond acceptors (Lipinski definition) is 2. The molecule has 0 aliphatic carbocycles. The Hall–Kier alpha value is -1.64. The summed E-state index contributed by atoms with van der Waals surface area (Å²) in [5.74, 6) is 0.387. The van der Waals surface area contributed by atoms with Crippen LogP contribution in [0.15, 0.2) is 60.7 Å². The lowest BCUT2D eigenvalue weighted by Crippen LogP contribution is -2.40. The van der Waals surface area contributed by atoms with Gasteiger partial charge < -0.3 is 4.74 Å². The average molecular weight is 281 g/mol. The van der Waals surface area contributed by atoms with E-state index in [2.05, 4.69) is 72.6 Å². The quantitative estimate of drug-likeness (QED) is 0.843. The van der Waals surface area contributed by atoms with Crippen LogP contribution >= 0.6 is 0 Å². The Labute approximate surface area is 127 Å². The minimum absolute atomic E-state index is 0.212. The van der Waals surface area contributed by atoms with E-state index in [-0.39, 0.29) is 6.23 Å². The summed E-state index contributed by atoms with van der Waals surface area (Å²) >= 11 is 0. The molecule has 0 N–H and O–H groups in total.